The van der Waals surface area contributed by atoms with Crippen molar-refractivity contribution in [1.29, 1.82) is 0 Å². The molecule has 0 aliphatic rings. The summed E-state index contributed by atoms with van der Waals surface area (Å²) in [5.74, 6) is -0.170. The molecule has 0 aliphatic heterocycles. The second kappa shape index (κ2) is 7.30. The zero-order chi connectivity index (χ0) is 19.5. The number of halogens is 6. The summed E-state index contributed by atoms with van der Waals surface area (Å²) in [6, 6.07) is 3.76. The van der Waals surface area contributed by atoms with Crippen molar-refractivity contribution >= 4 is 11.6 Å². The van der Waals surface area contributed by atoms with E-state index in [1.165, 1.54) is 6.26 Å². The van der Waals surface area contributed by atoms with Crippen molar-refractivity contribution in [2.24, 2.45) is 0 Å². The third kappa shape index (κ3) is 5.17. The average Bonchev–Trinajstić information content (AvgIpc) is 3.05. The fraction of sp³-hybridized carbons (Fsp3) is 0.312. The number of rotatable bonds is 5. The molecule has 10 heteroatoms. The first-order valence-electron chi connectivity index (χ1n) is 7.33. The molecule has 1 unspecified atom stereocenters. The van der Waals surface area contributed by atoms with E-state index in [0.29, 0.717) is 17.9 Å². The van der Waals surface area contributed by atoms with Crippen LogP contribution in [0.2, 0.25) is 0 Å². The van der Waals surface area contributed by atoms with Crippen molar-refractivity contribution in [2.75, 3.05) is 11.9 Å². The first-order valence-corrected chi connectivity index (χ1v) is 7.33. The average molecular weight is 380 g/mol. The van der Waals surface area contributed by atoms with Gasteiger partial charge in [-0.25, -0.2) is 0 Å². The summed E-state index contributed by atoms with van der Waals surface area (Å²) in [5.41, 5.74) is -3.38. The van der Waals surface area contributed by atoms with Crippen LogP contribution in [0.1, 0.15) is 29.9 Å². The van der Waals surface area contributed by atoms with Gasteiger partial charge in [0.15, 0.2) is 0 Å². The summed E-state index contributed by atoms with van der Waals surface area (Å²) in [7, 11) is 0. The molecule has 0 bridgehead atoms. The molecule has 2 rings (SSSR count). The van der Waals surface area contributed by atoms with Crippen LogP contribution in [0, 0.1) is 0 Å². The lowest BCUT2D eigenvalue weighted by molar-refractivity contribution is -0.143. The summed E-state index contributed by atoms with van der Waals surface area (Å²) >= 11 is 0. The van der Waals surface area contributed by atoms with E-state index in [4.69, 9.17) is 4.42 Å². The van der Waals surface area contributed by atoms with Gasteiger partial charge >= 0.3 is 12.4 Å². The Labute approximate surface area is 144 Å². The Kier molecular flexibility index (Phi) is 5.53. The highest BCUT2D eigenvalue weighted by molar-refractivity contribution is 5.81. The Morgan fingerprint density at radius 3 is 2.12 bits per heavy atom. The molecule has 0 spiro atoms. The molecule has 0 fully saturated rings. The van der Waals surface area contributed by atoms with Gasteiger partial charge in [-0.1, -0.05) is 0 Å². The van der Waals surface area contributed by atoms with Gasteiger partial charge in [0.05, 0.1) is 30.0 Å². The predicted molar refractivity (Wildman–Crippen MR) is 80.2 cm³/mol. The lowest BCUT2D eigenvalue weighted by Crippen LogP contribution is -2.32. The van der Waals surface area contributed by atoms with Crippen molar-refractivity contribution < 1.29 is 35.6 Å². The molecule has 1 amide bonds. The molecule has 0 radical (unpaired) electrons. The molecule has 1 atom stereocenters. The number of amides is 1. The molecule has 0 saturated carbocycles. The molecular weight excluding hydrogens is 366 g/mol. The fourth-order valence-electron chi connectivity index (χ4n) is 2.14. The smallest absolute Gasteiger partial charge is 0.416 e. The molecule has 0 saturated heterocycles. The Hall–Kier alpha value is -2.65. The maximum Gasteiger partial charge on any atom is 0.416 e. The number of furan rings is 1. The number of anilines is 1. The van der Waals surface area contributed by atoms with Crippen LogP contribution in [-0.4, -0.2) is 12.5 Å². The summed E-state index contributed by atoms with van der Waals surface area (Å²) in [6.07, 6.45) is -8.50. The van der Waals surface area contributed by atoms with Gasteiger partial charge in [-0.2, -0.15) is 26.3 Å². The molecule has 1 aromatic heterocycles. The second-order valence-corrected chi connectivity index (χ2v) is 5.45. The molecule has 0 aliphatic carbocycles. The number of hydrogen-bond acceptors (Lipinski definition) is 3. The minimum Gasteiger partial charge on any atom is -0.467 e. The summed E-state index contributed by atoms with van der Waals surface area (Å²) in [5, 5.41) is 4.78. The Morgan fingerprint density at radius 2 is 1.65 bits per heavy atom. The summed E-state index contributed by atoms with van der Waals surface area (Å²) < 4.78 is 81.8. The second-order valence-electron chi connectivity index (χ2n) is 5.45. The van der Waals surface area contributed by atoms with Gasteiger partial charge in [0.1, 0.15) is 5.76 Å². The third-order valence-electron chi connectivity index (χ3n) is 3.39. The van der Waals surface area contributed by atoms with Gasteiger partial charge in [0.25, 0.3) is 0 Å². The first-order chi connectivity index (χ1) is 12.0. The molecular formula is C16H14F6N2O2. The third-order valence-corrected chi connectivity index (χ3v) is 3.39. The van der Waals surface area contributed by atoms with Crippen LogP contribution < -0.4 is 10.6 Å². The van der Waals surface area contributed by atoms with Crippen molar-refractivity contribution in [3.63, 3.8) is 0 Å². The fourth-order valence-corrected chi connectivity index (χ4v) is 2.14. The lowest BCUT2D eigenvalue weighted by atomic mass is 10.1. The van der Waals surface area contributed by atoms with Crippen LogP contribution >= 0.6 is 0 Å². The molecule has 1 heterocycles. The van der Waals surface area contributed by atoms with Gasteiger partial charge in [-0.3, -0.25) is 4.79 Å². The number of nitrogens with one attached hydrogen (secondary N) is 2. The van der Waals surface area contributed by atoms with Gasteiger partial charge in [0, 0.05) is 5.69 Å². The summed E-state index contributed by atoms with van der Waals surface area (Å²) in [6.45, 7) is 1.10. The molecule has 1 aromatic carbocycles. The van der Waals surface area contributed by atoms with E-state index in [1.807, 2.05) is 0 Å². The molecule has 2 N–H and O–H groups in total. The number of alkyl halides is 6. The highest BCUT2D eigenvalue weighted by atomic mass is 19.4. The maximum absolute atomic E-state index is 12.8. The molecule has 142 valence electrons. The highest BCUT2D eigenvalue weighted by Gasteiger charge is 2.36. The molecule has 2 aromatic rings. The Balaban J connectivity index is 2.09. The van der Waals surface area contributed by atoms with Crippen molar-refractivity contribution in [1.82, 2.24) is 5.32 Å². The normalized spacial score (nSPS) is 13.3. The zero-order valence-corrected chi connectivity index (χ0v) is 13.3. The van der Waals surface area contributed by atoms with E-state index in [2.05, 4.69) is 10.6 Å². The van der Waals surface area contributed by atoms with Crippen LogP contribution in [0.4, 0.5) is 32.0 Å². The summed E-state index contributed by atoms with van der Waals surface area (Å²) in [4.78, 5) is 11.8. The number of hydrogen-bond donors (Lipinski definition) is 2. The standard InChI is InChI=1S/C16H14F6N2O2/c1-9(13-3-2-4-26-13)24-14(25)8-23-12-6-10(15(17,18)19)5-11(7-12)16(20,21)22/h2-7,9,23H,8H2,1H3,(H,24,25). The minimum absolute atomic E-state index is 0.0181. The van der Waals surface area contributed by atoms with Crippen LogP contribution in [0.5, 0.6) is 0 Å². The van der Waals surface area contributed by atoms with Crippen LogP contribution in [-0.2, 0) is 17.1 Å². The first kappa shape index (κ1) is 19.7. The topological polar surface area (TPSA) is 54.3 Å². The zero-order valence-electron chi connectivity index (χ0n) is 13.3. The largest absolute Gasteiger partial charge is 0.467 e. The van der Waals surface area contributed by atoms with Crippen LogP contribution in [0.25, 0.3) is 0 Å². The number of carbonyl (C=O) groups is 1. The van der Waals surface area contributed by atoms with Crippen molar-refractivity contribution in [2.45, 2.75) is 25.3 Å². The van der Waals surface area contributed by atoms with Crippen LogP contribution in [0.15, 0.2) is 41.0 Å². The SMILES string of the molecule is CC(NC(=O)CNc1cc(C(F)(F)F)cc(C(F)(F)F)c1)c1ccco1. The maximum atomic E-state index is 12.8. The Morgan fingerprint density at radius 1 is 1.08 bits per heavy atom. The lowest BCUT2D eigenvalue weighted by Gasteiger charge is -2.16. The highest BCUT2D eigenvalue weighted by Crippen LogP contribution is 2.37. The van der Waals surface area contributed by atoms with E-state index in [9.17, 15) is 31.1 Å². The van der Waals surface area contributed by atoms with E-state index < -0.39 is 47.7 Å². The van der Waals surface area contributed by atoms with Gasteiger partial charge in [0.2, 0.25) is 5.91 Å². The van der Waals surface area contributed by atoms with Crippen molar-refractivity contribution in [3.05, 3.63) is 53.5 Å². The van der Waals surface area contributed by atoms with Crippen molar-refractivity contribution in [3.8, 4) is 0 Å². The van der Waals surface area contributed by atoms with E-state index in [1.54, 1.807) is 19.1 Å². The van der Waals surface area contributed by atoms with Gasteiger partial charge in [-0.15, -0.1) is 0 Å². The predicted octanol–water partition coefficient (Wildman–Crippen LogP) is 4.61. The van der Waals surface area contributed by atoms with Gasteiger partial charge < -0.3 is 15.1 Å². The van der Waals surface area contributed by atoms with E-state index in [-0.39, 0.29) is 6.07 Å². The van der Waals surface area contributed by atoms with E-state index >= 15 is 0 Å². The number of benzene rings is 1. The van der Waals surface area contributed by atoms with E-state index in [0.717, 1.165) is 0 Å². The number of carbonyl (C=O) groups excluding carboxylic acids is 1. The molecule has 4 nitrogen and oxygen atoms in total. The van der Waals surface area contributed by atoms with Crippen LogP contribution in [0.3, 0.4) is 0 Å². The molecule has 26 heavy (non-hydrogen) atoms. The Bertz CT molecular complexity index is 721. The van der Waals surface area contributed by atoms with Gasteiger partial charge in [-0.05, 0) is 37.3 Å². The monoisotopic (exact) mass is 380 g/mol. The quantitative estimate of drug-likeness (QED) is 0.745. The minimum atomic E-state index is -4.95.